The molecule has 5 nitrogen and oxygen atoms in total. The van der Waals surface area contributed by atoms with Crippen LogP contribution in [0.25, 0.3) is 11.4 Å². The first kappa shape index (κ1) is 17.3. The van der Waals surface area contributed by atoms with Crippen molar-refractivity contribution in [2.45, 2.75) is 31.0 Å². The predicted molar refractivity (Wildman–Crippen MR) is 98.1 cm³/mol. The Kier molecular flexibility index (Phi) is 5.02. The number of imidazole rings is 1. The summed E-state index contributed by atoms with van der Waals surface area (Å²) in [5, 5.41) is 10.2. The number of aromatic nitrogens is 2. The van der Waals surface area contributed by atoms with E-state index in [-0.39, 0.29) is 12.7 Å². The maximum absolute atomic E-state index is 9.14. The van der Waals surface area contributed by atoms with Crippen molar-refractivity contribution in [2.24, 2.45) is 0 Å². The van der Waals surface area contributed by atoms with Gasteiger partial charge < -0.3 is 14.4 Å². The SMILES string of the molecule is OCC[C@H]1CN2C[C@@H](n3ccnc3-c3cccc(Cl)c3Cl)C[C@H]2CO1. The van der Waals surface area contributed by atoms with Crippen LogP contribution in [0.4, 0.5) is 0 Å². The van der Waals surface area contributed by atoms with Gasteiger partial charge in [-0.3, -0.25) is 4.90 Å². The molecule has 2 saturated heterocycles. The summed E-state index contributed by atoms with van der Waals surface area (Å²) >= 11 is 12.6. The van der Waals surface area contributed by atoms with E-state index < -0.39 is 0 Å². The highest BCUT2D eigenvalue weighted by Crippen LogP contribution is 2.37. The van der Waals surface area contributed by atoms with Gasteiger partial charge in [-0.25, -0.2) is 4.98 Å². The third-order valence-corrected chi connectivity index (χ3v) is 5.99. The zero-order valence-electron chi connectivity index (χ0n) is 13.8. The van der Waals surface area contributed by atoms with Gasteiger partial charge in [0.25, 0.3) is 0 Å². The fourth-order valence-electron chi connectivity index (χ4n) is 3.93. The number of hydrogen-bond acceptors (Lipinski definition) is 4. The molecule has 0 radical (unpaired) electrons. The first-order chi connectivity index (χ1) is 12.2. The van der Waals surface area contributed by atoms with Crippen molar-refractivity contribution < 1.29 is 9.84 Å². The van der Waals surface area contributed by atoms with Crippen LogP contribution in [0.1, 0.15) is 18.9 Å². The Balaban J connectivity index is 1.57. The molecule has 2 aliphatic heterocycles. The number of morpholine rings is 1. The Morgan fingerprint density at radius 3 is 2.96 bits per heavy atom. The lowest BCUT2D eigenvalue weighted by atomic mass is 10.1. The molecule has 3 heterocycles. The molecular formula is C18H21Cl2N3O2. The van der Waals surface area contributed by atoms with Crippen LogP contribution in [0, 0.1) is 0 Å². The van der Waals surface area contributed by atoms with Crippen molar-refractivity contribution in [3.05, 3.63) is 40.6 Å². The summed E-state index contributed by atoms with van der Waals surface area (Å²) in [5.41, 5.74) is 0.860. The number of aliphatic hydroxyl groups is 1. The van der Waals surface area contributed by atoms with Crippen LogP contribution in [0.2, 0.25) is 10.0 Å². The molecule has 0 bridgehead atoms. The van der Waals surface area contributed by atoms with Crippen LogP contribution < -0.4 is 0 Å². The molecule has 0 saturated carbocycles. The molecule has 0 aliphatic carbocycles. The summed E-state index contributed by atoms with van der Waals surface area (Å²) in [6.07, 6.45) is 5.68. The molecule has 7 heteroatoms. The normalized spacial score (nSPS) is 26.8. The Hall–Kier alpha value is -1.11. The Morgan fingerprint density at radius 1 is 1.24 bits per heavy atom. The molecule has 25 heavy (non-hydrogen) atoms. The van der Waals surface area contributed by atoms with Gasteiger partial charge in [-0.05, 0) is 25.0 Å². The van der Waals surface area contributed by atoms with Crippen LogP contribution in [0.3, 0.4) is 0 Å². The minimum Gasteiger partial charge on any atom is -0.396 e. The second kappa shape index (κ2) is 7.25. The van der Waals surface area contributed by atoms with E-state index in [2.05, 4.69) is 14.5 Å². The van der Waals surface area contributed by atoms with Gasteiger partial charge >= 0.3 is 0 Å². The molecule has 134 valence electrons. The highest BCUT2D eigenvalue weighted by molar-refractivity contribution is 6.43. The number of rotatable bonds is 4. The molecule has 1 aromatic heterocycles. The Bertz CT molecular complexity index is 752. The number of aliphatic hydroxyl groups excluding tert-OH is 1. The molecule has 0 amide bonds. The number of halogens is 2. The van der Waals surface area contributed by atoms with Gasteiger partial charge in [-0.1, -0.05) is 29.3 Å². The summed E-state index contributed by atoms with van der Waals surface area (Å²) in [4.78, 5) is 7.00. The molecule has 2 fully saturated rings. The van der Waals surface area contributed by atoms with Crippen molar-refractivity contribution in [1.82, 2.24) is 14.5 Å². The van der Waals surface area contributed by atoms with Crippen molar-refractivity contribution >= 4 is 23.2 Å². The fourth-order valence-corrected chi connectivity index (χ4v) is 4.31. The Labute approximate surface area is 157 Å². The number of benzene rings is 1. The summed E-state index contributed by atoms with van der Waals surface area (Å²) < 4.78 is 8.09. The maximum atomic E-state index is 9.14. The van der Waals surface area contributed by atoms with E-state index in [1.54, 1.807) is 6.07 Å². The lowest BCUT2D eigenvalue weighted by Crippen LogP contribution is -2.46. The van der Waals surface area contributed by atoms with Crippen molar-refractivity contribution in [1.29, 1.82) is 0 Å². The third kappa shape index (κ3) is 3.32. The Morgan fingerprint density at radius 2 is 2.12 bits per heavy atom. The van der Waals surface area contributed by atoms with E-state index >= 15 is 0 Å². The lowest BCUT2D eigenvalue weighted by molar-refractivity contribution is -0.0567. The largest absolute Gasteiger partial charge is 0.396 e. The molecule has 2 aliphatic rings. The summed E-state index contributed by atoms with van der Waals surface area (Å²) in [6, 6.07) is 6.39. The topological polar surface area (TPSA) is 50.5 Å². The van der Waals surface area contributed by atoms with Gasteiger partial charge in [0.15, 0.2) is 0 Å². The van der Waals surface area contributed by atoms with Crippen LogP contribution in [0.15, 0.2) is 30.6 Å². The van der Waals surface area contributed by atoms with E-state index in [4.69, 9.17) is 33.0 Å². The second-order valence-corrected chi connectivity index (χ2v) is 7.51. The van der Waals surface area contributed by atoms with Crippen LogP contribution in [-0.2, 0) is 4.74 Å². The van der Waals surface area contributed by atoms with Crippen molar-refractivity contribution in [3.8, 4) is 11.4 Å². The third-order valence-electron chi connectivity index (χ3n) is 5.17. The van der Waals surface area contributed by atoms with E-state index in [9.17, 15) is 0 Å². The molecule has 1 aromatic carbocycles. The fraction of sp³-hybridized carbons (Fsp3) is 0.500. The zero-order chi connectivity index (χ0) is 17.4. The van der Waals surface area contributed by atoms with E-state index in [0.29, 0.717) is 28.5 Å². The summed E-state index contributed by atoms with van der Waals surface area (Å²) in [7, 11) is 0. The van der Waals surface area contributed by atoms with Gasteiger partial charge in [0.05, 0.1) is 22.8 Å². The van der Waals surface area contributed by atoms with Gasteiger partial charge in [0.2, 0.25) is 0 Å². The predicted octanol–water partition coefficient (Wildman–Crippen LogP) is 3.25. The minimum atomic E-state index is 0.129. The number of ether oxygens (including phenoxy) is 1. The zero-order valence-corrected chi connectivity index (χ0v) is 15.3. The van der Waals surface area contributed by atoms with Gasteiger partial charge in [0, 0.05) is 49.7 Å². The van der Waals surface area contributed by atoms with Crippen molar-refractivity contribution in [2.75, 3.05) is 26.3 Å². The molecule has 1 N–H and O–H groups in total. The average Bonchev–Trinajstić information content (AvgIpc) is 3.23. The smallest absolute Gasteiger partial charge is 0.141 e. The van der Waals surface area contributed by atoms with E-state index in [0.717, 1.165) is 37.5 Å². The second-order valence-electron chi connectivity index (χ2n) is 6.72. The molecule has 3 atom stereocenters. The van der Waals surface area contributed by atoms with E-state index in [1.165, 1.54) is 0 Å². The van der Waals surface area contributed by atoms with Gasteiger partial charge in [-0.2, -0.15) is 0 Å². The molecule has 2 aromatic rings. The first-order valence-corrected chi connectivity index (χ1v) is 9.36. The average molecular weight is 382 g/mol. The van der Waals surface area contributed by atoms with Gasteiger partial charge in [0.1, 0.15) is 5.82 Å². The maximum Gasteiger partial charge on any atom is 0.141 e. The summed E-state index contributed by atoms with van der Waals surface area (Å²) in [5.74, 6) is 0.852. The molecule has 0 unspecified atom stereocenters. The van der Waals surface area contributed by atoms with Crippen LogP contribution in [0.5, 0.6) is 0 Å². The lowest BCUT2D eigenvalue weighted by Gasteiger charge is -2.34. The first-order valence-electron chi connectivity index (χ1n) is 8.61. The molecule has 4 rings (SSSR count). The highest BCUT2D eigenvalue weighted by atomic mass is 35.5. The minimum absolute atomic E-state index is 0.129. The quantitative estimate of drug-likeness (QED) is 0.882. The number of fused-ring (bicyclic) bond motifs is 1. The molecule has 0 spiro atoms. The number of hydrogen-bond donors (Lipinski definition) is 1. The van der Waals surface area contributed by atoms with Crippen LogP contribution in [-0.4, -0.2) is 58.0 Å². The highest BCUT2D eigenvalue weighted by Gasteiger charge is 2.38. The van der Waals surface area contributed by atoms with Crippen LogP contribution >= 0.6 is 23.2 Å². The standard InChI is InChI=1S/C18H21Cl2N3O2/c19-16-3-1-2-15(17(16)20)18-21-5-6-23(18)12-8-13-11-25-14(4-7-24)10-22(13)9-12/h1-3,5-6,12-14,24H,4,7-11H2/t12-,13-,14-/m0/s1. The van der Waals surface area contributed by atoms with E-state index in [1.807, 2.05) is 24.5 Å². The van der Waals surface area contributed by atoms with Gasteiger partial charge in [-0.15, -0.1) is 0 Å². The number of nitrogens with zero attached hydrogens (tertiary/aromatic N) is 3. The summed E-state index contributed by atoms with van der Waals surface area (Å²) in [6.45, 7) is 2.73. The monoisotopic (exact) mass is 381 g/mol. The van der Waals surface area contributed by atoms with Crippen molar-refractivity contribution in [3.63, 3.8) is 0 Å². The molecular weight excluding hydrogens is 361 g/mol.